The van der Waals surface area contributed by atoms with Gasteiger partial charge in [-0.1, -0.05) is 13.3 Å². The van der Waals surface area contributed by atoms with Gasteiger partial charge in [0.15, 0.2) is 0 Å². The average molecular weight is 289 g/mol. The normalized spacial score (nSPS) is 10.4. The molecule has 0 unspecified atom stereocenters. The van der Waals surface area contributed by atoms with Crippen molar-refractivity contribution >= 4 is 23.1 Å². The van der Waals surface area contributed by atoms with Crippen LogP contribution in [0.2, 0.25) is 0 Å². The largest absolute Gasteiger partial charge is 0.384 e. The molecule has 2 aromatic heterocycles. The van der Waals surface area contributed by atoms with Crippen LogP contribution in [0.3, 0.4) is 0 Å². The number of carbonyl (C=O) groups is 1. The highest BCUT2D eigenvalue weighted by Gasteiger charge is 2.08. The number of nitrogen functional groups attached to an aromatic ring is 1. The van der Waals surface area contributed by atoms with Crippen LogP contribution in [0.1, 0.15) is 35.0 Å². The van der Waals surface area contributed by atoms with Crippen LogP contribution in [0.15, 0.2) is 29.0 Å². The molecule has 0 radical (unpaired) electrons. The molecule has 0 saturated heterocycles. The molecule has 1 amide bonds. The number of anilines is 1. The minimum atomic E-state index is -0.0910. The molecule has 0 aliphatic heterocycles. The van der Waals surface area contributed by atoms with Crippen LogP contribution in [0, 0.1) is 0 Å². The van der Waals surface area contributed by atoms with Crippen molar-refractivity contribution in [2.24, 2.45) is 0 Å². The fourth-order valence-electron chi connectivity index (χ4n) is 1.98. The lowest BCUT2D eigenvalue weighted by Crippen LogP contribution is -2.26. The molecule has 2 aromatic rings. The highest BCUT2D eigenvalue weighted by Crippen LogP contribution is 2.10. The predicted octanol–water partition coefficient (Wildman–Crippen LogP) is 2.65. The molecule has 2 rings (SSSR count). The molecule has 20 heavy (non-hydrogen) atoms. The van der Waals surface area contributed by atoms with Gasteiger partial charge in [-0.05, 0) is 47.4 Å². The van der Waals surface area contributed by atoms with Gasteiger partial charge in [-0.25, -0.2) is 4.98 Å². The molecule has 5 heteroatoms. The minimum absolute atomic E-state index is 0.0910. The highest BCUT2D eigenvalue weighted by molar-refractivity contribution is 7.07. The quantitative estimate of drug-likeness (QED) is 0.859. The summed E-state index contributed by atoms with van der Waals surface area (Å²) in [6.45, 7) is 2.70. The van der Waals surface area contributed by atoms with Gasteiger partial charge in [0.1, 0.15) is 5.82 Å². The summed E-state index contributed by atoms with van der Waals surface area (Å²) < 4.78 is 0. The second-order valence-electron chi connectivity index (χ2n) is 4.66. The summed E-state index contributed by atoms with van der Waals surface area (Å²) in [4.78, 5) is 16.3. The third-order valence-electron chi connectivity index (χ3n) is 2.95. The number of hydrogen-bond donors (Lipinski definition) is 2. The predicted molar refractivity (Wildman–Crippen MR) is 83.0 cm³/mol. The van der Waals surface area contributed by atoms with Crippen molar-refractivity contribution in [1.82, 2.24) is 10.3 Å². The Bertz CT molecular complexity index is 567. The topological polar surface area (TPSA) is 68.0 Å². The maximum absolute atomic E-state index is 12.1. The van der Waals surface area contributed by atoms with E-state index in [0.29, 0.717) is 17.9 Å². The van der Waals surface area contributed by atoms with Gasteiger partial charge in [0.05, 0.1) is 0 Å². The average Bonchev–Trinajstić information content (AvgIpc) is 2.91. The summed E-state index contributed by atoms with van der Waals surface area (Å²) in [5, 5.41) is 7.05. The second kappa shape index (κ2) is 7.05. The minimum Gasteiger partial charge on any atom is -0.384 e. The van der Waals surface area contributed by atoms with Crippen molar-refractivity contribution in [3.8, 4) is 0 Å². The monoisotopic (exact) mass is 289 g/mol. The van der Waals surface area contributed by atoms with Gasteiger partial charge in [-0.15, -0.1) is 0 Å². The smallest absolute Gasteiger partial charge is 0.251 e. The van der Waals surface area contributed by atoms with Gasteiger partial charge >= 0.3 is 0 Å². The first kappa shape index (κ1) is 14.5. The Morgan fingerprint density at radius 3 is 2.95 bits per heavy atom. The number of nitrogens with one attached hydrogen (secondary N) is 1. The highest BCUT2D eigenvalue weighted by atomic mass is 32.1. The van der Waals surface area contributed by atoms with E-state index in [1.54, 1.807) is 17.4 Å². The number of amides is 1. The van der Waals surface area contributed by atoms with Gasteiger partial charge in [0, 0.05) is 17.8 Å². The summed E-state index contributed by atoms with van der Waals surface area (Å²) in [5.74, 6) is 0.311. The number of thiophene rings is 1. The molecule has 0 saturated carbocycles. The summed E-state index contributed by atoms with van der Waals surface area (Å²) in [6, 6.07) is 5.51. The molecule has 0 aromatic carbocycles. The zero-order valence-electron chi connectivity index (χ0n) is 11.6. The van der Waals surface area contributed by atoms with E-state index in [4.69, 9.17) is 5.73 Å². The summed E-state index contributed by atoms with van der Waals surface area (Å²) >= 11 is 1.67. The van der Waals surface area contributed by atoms with Crippen molar-refractivity contribution in [2.75, 3.05) is 12.3 Å². The van der Waals surface area contributed by atoms with E-state index in [0.717, 1.165) is 25.0 Å². The number of hydrogen-bond acceptors (Lipinski definition) is 4. The van der Waals surface area contributed by atoms with Crippen molar-refractivity contribution in [3.05, 3.63) is 45.8 Å². The van der Waals surface area contributed by atoms with Crippen molar-refractivity contribution in [1.29, 1.82) is 0 Å². The van der Waals surface area contributed by atoms with Crippen molar-refractivity contribution in [3.63, 3.8) is 0 Å². The molecule has 0 atom stereocenters. The van der Waals surface area contributed by atoms with Crippen LogP contribution in [0.4, 0.5) is 5.82 Å². The SMILES string of the molecule is CCCc1cc(C(=O)NCCc2ccsc2)cc(N)n1. The van der Waals surface area contributed by atoms with Crippen molar-refractivity contribution < 1.29 is 4.79 Å². The first-order valence-corrected chi connectivity index (χ1v) is 7.69. The molecule has 0 aliphatic rings. The van der Waals surface area contributed by atoms with E-state index in [9.17, 15) is 4.79 Å². The Kier molecular flexibility index (Phi) is 5.12. The van der Waals surface area contributed by atoms with E-state index < -0.39 is 0 Å². The van der Waals surface area contributed by atoms with Gasteiger partial charge < -0.3 is 11.1 Å². The number of pyridine rings is 1. The number of nitrogens with two attached hydrogens (primary N) is 1. The molecule has 0 aliphatic carbocycles. The van der Waals surface area contributed by atoms with Crippen LogP contribution in [-0.2, 0) is 12.8 Å². The maximum atomic E-state index is 12.1. The fraction of sp³-hybridized carbons (Fsp3) is 0.333. The van der Waals surface area contributed by atoms with E-state index in [1.807, 2.05) is 11.4 Å². The van der Waals surface area contributed by atoms with E-state index in [1.165, 1.54) is 5.56 Å². The van der Waals surface area contributed by atoms with Crippen LogP contribution in [0.25, 0.3) is 0 Å². The molecular formula is C15H19N3OS. The van der Waals surface area contributed by atoms with Gasteiger partial charge in [0.2, 0.25) is 0 Å². The van der Waals surface area contributed by atoms with E-state index in [-0.39, 0.29) is 5.91 Å². The van der Waals surface area contributed by atoms with Crippen LogP contribution < -0.4 is 11.1 Å². The summed E-state index contributed by atoms with van der Waals surface area (Å²) in [6.07, 6.45) is 2.66. The van der Waals surface area contributed by atoms with Gasteiger partial charge in [0.25, 0.3) is 5.91 Å². The lowest BCUT2D eigenvalue weighted by Gasteiger charge is -2.07. The van der Waals surface area contributed by atoms with Crippen LogP contribution in [-0.4, -0.2) is 17.4 Å². The first-order chi connectivity index (χ1) is 9.69. The number of rotatable bonds is 6. The summed E-state index contributed by atoms with van der Waals surface area (Å²) in [5.41, 5.74) is 8.45. The molecule has 3 N–H and O–H groups in total. The Morgan fingerprint density at radius 2 is 2.25 bits per heavy atom. The van der Waals surface area contributed by atoms with Crippen molar-refractivity contribution in [2.45, 2.75) is 26.2 Å². The molecular weight excluding hydrogens is 270 g/mol. The first-order valence-electron chi connectivity index (χ1n) is 6.74. The maximum Gasteiger partial charge on any atom is 0.251 e. The standard InChI is InChI=1S/C15H19N3OS/c1-2-3-13-8-12(9-14(16)18-13)15(19)17-6-4-11-5-7-20-10-11/h5,7-10H,2-4,6H2,1H3,(H2,16,18)(H,17,19). The zero-order chi connectivity index (χ0) is 14.4. The Morgan fingerprint density at radius 1 is 1.40 bits per heavy atom. The Balaban J connectivity index is 1.94. The lowest BCUT2D eigenvalue weighted by atomic mass is 10.1. The lowest BCUT2D eigenvalue weighted by molar-refractivity contribution is 0.0954. The molecule has 2 heterocycles. The number of carbonyl (C=O) groups excluding carboxylic acids is 1. The number of aromatic nitrogens is 1. The molecule has 106 valence electrons. The summed E-state index contributed by atoms with van der Waals surface area (Å²) in [7, 11) is 0. The molecule has 4 nitrogen and oxygen atoms in total. The third-order valence-corrected chi connectivity index (χ3v) is 3.68. The fourth-order valence-corrected chi connectivity index (χ4v) is 2.69. The van der Waals surface area contributed by atoms with Gasteiger partial charge in [-0.3, -0.25) is 4.79 Å². The second-order valence-corrected chi connectivity index (χ2v) is 5.44. The van der Waals surface area contributed by atoms with Crippen LogP contribution >= 0.6 is 11.3 Å². The van der Waals surface area contributed by atoms with Gasteiger partial charge in [-0.2, -0.15) is 11.3 Å². The third kappa shape index (κ3) is 4.06. The van der Waals surface area contributed by atoms with Crippen LogP contribution in [0.5, 0.6) is 0 Å². The molecule has 0 bridgehead atoms. The van der Waals surface area contributed by atoms with E-state index >= 15 is 0 Å². The zero-order valence-corrected chi connectivity index (χ0v) is 12.4. The molecule has 0 fully saturated rings. The van der Waals surface area contributed by atoms with E-state index in [2.05, 4.69) is 28.7 Å². The molecule has 0 spiro atoms. The number of aryl methyl sites for hydroxylation is 1. The Hall–Kier alpha value is -1.88. The number of nitrogens with zero attached hydrogens (tertiary/aromatic N) is 1. The Labute approximate surface area is 123 Å².